The molecule has 2 N–H and O–H groups in total. The maximum absolute atomic E-state index is 12.7. The molecule has 0 aliphatic carbocycles. The second-order valence-corrected chi connectivity index (χ2v) is 7.88. The zero-order valence-electron chi connectivity index (χ0n) is 13.0. The topological polar surface area (TPSA) is 66.6 Å². The lowest BCUT2D eigenvalue weighted by atomic mass is 10.1. The zero-order valence-corrected chi connectivity index (χ0v) is 13.8. The predicted molar refractivity (Wildman–Crippen MR) is 85.2 cm³/mol. The summed E-state index contributed by atoms with van der Waals surface area (Å²) in [6.45, 7) is 5.58. The molecule has 0 spiro atoms. The molecule has 1 aromatic carbocycles. The van der Waals surface area contributed by atoms with Gasteiger partial charge in [-0.15, -0.1) is 0 Å². The van der Waals surface area contributed by atoms with Crippen LogP contribution in [0.2, 0.25) is 0 Å². The van der Waals surface area contributed by atoms with E-state index >= 15 is 0 Å². The van der Waals surface area contributed by atoms with Crippen molar-refractivity contribution in [3.8, 4) is 0 Å². The number of hydrogen-bond donors (Lipinski definition) is 1. The lowest BCUT2D eigenvalue weighted by Crippen LogP contribution is -2.56. The van der Waals surface area contributed by atoms with Gasteiger partial charge in [0.15, 0.2) is 0 Å². The van der Waals surface area contributed by atoms with Gasteiger partial charge in [-0.05, 0) is 32.0 Å². The van der Waals surface area contributed by atoms with Gasteiger partial charge in [-0.1, -0.05) is 24.3 Å². The molecule has 1 heterocycles. The average molecular weight is 311 g/mol. The lowest BCUT2D eigenvalue weighted by molar-refractivity contribution is 0.105. The van der Waals surface area contributed by atoms with E-state index in [2.05, 4.69) is 18.7 Å². The van der Waals surface area contributed by atoms with Crippen LogP contribution in [-0.4, -0.2) is 49.8 Å². The highest BCUT2D eigenvalue weighted by Crippen LogP contribution is 2.20. The van der Waals surface area contributed by atoms with Crippen molar-refractivity contribution in [1.82, 2.24) is 9.21 Å². The van der Waals surface area contributed by atoms with E-state index in [0.717, 1.165) is 11.1 Å². The monoisotopic (exact) mass is 311 g/mol. The Bertz CT molecular complexity index is 576. The highest BCUT2D eigenvalue weighted by molar-refractivity contribution is 7.88. The van der Waals surface area contributed by atoms with Crippen molar-refractivity contribution >= 4 is 10.0 Å². The van der Waals surface area contributed by atoms with E-state index in [-0.39, 0.29) is 17.8 Å². The Morgan fingerprint density at radius 1 is 1.14 bits per heavy atom. The van der Waals surface area contributed by atoms with Gasteiger partial charge in [0.25, 0.3) is 0 Å². The Kier molecular flexibility index (Phi) is 5.03. The van der Waals surface area contributed by atoms with Crippen LogP contribution in [-0.2, 0) is 22.3 Å². The van der Waals surface area contributed by atoms with E-state index in [1.54, 1.807) is 4.31 Å². The molecule has 2 rings (SSSR count). The molecule has 6 heteroatoms. The first-order valence-corrected chi connectivity index (χ1v) is 8.92. The number of rotatable bonds is 4. The Morgan fingerprint density at radius 3 is 2.19 bits per heavy atom. The Balaban J connectivity index is 2.19. The molecule has 0 aromatic heterocycles. The summed E-state index contributed by atoms with van der Waals surface area (Å²) >= 11 is 0. The third-order valence-corrected chi connectivity index (χ3v) is 6.16. The van der Waals surface area contributed by atoms with Crippen molar-refractivity contribution in [3.05, 3.63) is 35.4 Å². The summed E-state index contributed by atoms with van der Waals surface area (Å²) in [5.41, 5.74) is 7.40. The van der Waals surface area contributed by atoms with Crippen molar-refractivity contribution in [2.45, 2.75) is 38.2 Å². The van der Waals surface area contributed by atoms with Crippen molar-refractivity contribution in [1.29, 1.82) is 0 Å². The SMILES string of the molecule is CC1CN(S(=O)(=O)Cc2ccccc2CN)CC(C)N1C. The number of nitrogens with zero attached hydrogens (tertiary/aromatic N) is 2. The Morgan fingerprint density at radius 2 is 1.67 bits per heavy atom. The quantitative estimate of drug-likeness (QED) is 0.901. The molecule has 5 nitrogen and oxygen atoms in total. The molecule has 21 heavy (non-hydrogen) atoms. The first-order chi connectivity index (χ1) is 9.85. The van der Waals surface area contributed by atoms with Crippen LogP contribution in [0, 0.1) is 0 Å². The van der Waals surface area contributed by atoms with Gasteiger partial charge in [0.2, 0.25) is 10.0 Å². The summed E-state index contributed by atoms with van der Waals surface area (Å²) < 4.78 is 27.0. The number of hydrogen-bond acceptors (Lipinski definition) is 4. The summed E-state index contributed by atoms with van der Waals surface area (Å²) in [7, 11) is -1.26. The minimum absolute atomic E-state index is 0.0313. The molecule has 0 radical (unpaired) electrons. The minimum atomic E-state index is -3.31. The molecule has 1 fully saturated rings. The van der Waals surface area contributed by atoms with E-state index in [0.29, 0.717) is 19.6 Å². The third kappa shape index (κ3) is 3.63. The second-order valence-electron chi connectivity index (χ2n) is 5.91. The molecule has 0 bridgehead atoms. The second kappa shape index (κ2) is 6.44. The van der Waals surface area contributed by atoms with Crippen LogP contribution < -0.4 is 5.73 Å². The molecule has 0 saturated carbocycles. The fourth-order valence-electron chi connectivity index (χ4n) is 2.77. The normalized spacial score (nSPS) is 25.1. The molecule has 2 atom stereocenters. The highest BCUT2D eigenvalue weighted by atomic mass is 32.2. The van der Waals surface area contributed by atoms with E-state index in [1.807, 2.05) is 31.3 Å². The molecule has 2 unspecified atom stereocenters. The maximum Gasteiger partial charge on any atom is 0.218 e. The van der Waals surface area contributed by atoms with Gasteiger partial charge in [0, 0.05) is 31.7 Å². The predicted octanol–water partition coefficient (Wildman–Crippen LogP) is 1.000. The maximum atomic E-state index is 12.7. The van der Waals surface area contributed by atoms with Gasteiger partial charge in [-0.2, -0.15) is 4.31 Å². The molecule has 1 saturated heterocycles. The fraction of sp³-hybridized carbons (Fsp3) is 0.600. The molecule has 118 valence electrons. The summed E-state index contributed by atoms with van der Waals surface area (Å²) in [5, 5.41) is 0. The Labute approximate surface area is 127 Å². The van der Waals surface area contributed by atoms with Crippen molar-refractivity contribution in [3.63, 3.8) is 0 Å². The molecular formula is C15H25N3O2S. The van der Waals surface area contributed by atoms with Crippen LogP contribution in [0.3, 0.4) is 0 Å². The van der Waals surface area contributed by atoms with Gasteiger partial charge in [-0.25, -0.2) is 8.42 Å². The average Bonchev–Trinajstić information content (AvgIpc) is 2.44. The fourth-order valence-corrected chi connectivity index (χ4v) is 4.51. The van der Waals surface area contributed by atoms with Gasteiger partial charge in [0.1, 0.15) is 0 Å². The number of likely N-dealkylation sites (N-methyl/N-ethyl adjacent to an activating group) is 1. The van der Waals surface area contributed by atoms with Crippen molar-refractivity contribution in [2.24, 2.45) is 5.73 Å². The summed E-state index contributed by atoms with van der Waals surface area (Å²) in [5.74, 6) is 0.0313. The van der Waals surface area contributed by atoms with E-state index in [4.69, 9.17) is 5.73 Å². The highest BCUT2D eigenvalue weighted by Gasteiger charge is 2.33. The molecule has 0 amide bonds. The number of piperazine rings is 1. The largest absolute Gasteiger partial charge is 0.326 e. The molecular weight excluding hydrogens is 286 g/mol. The lowest BCUT2D eigenvalue weighted by Gasteiger charge is -2.41. The van der Waals surface area contributed by atoms with Crippen LogP contribution in [0.15, 0.2) is 24.3 Å². The van der Waals surface area contributed by atoms with Gasteiger partial charge >= 0.3 is 0 Å². The van der Waals surface area contributed by atoms with Gasteiger partial charge < -0.3 is 5.73 Å². The van der Waals surface area contributed by atoms with E-state index in [1.165, 1.54) is 0 Å². The van der Waals surface area contributed by atoms with Crippen LogP contribution >= 0.6 is 0 Å². The molecule has 1 aromatic rings. The molecule has 1 aliphatic heterocycles. The Hall–Kier alpha value is -0.950. The molecule has 1 aliphatic rings. The number of benzene rings is 1. The van der Waals surface area contributed by atoms with Crippen LogP contribution in [0.1, 0.15) is 25.0 Å². The standard InChI is InChI=1S/C15H25N3O2S/c1-12-9-18(10-13(2)17(12)3)21(19,20)11-15-7-5-4-6-14(15)8-16/h4-7,12-13H,8-11,16H2,1-3H3. The minimum Gasteiger partial charge on any atom is -0.326 e. The van der Waals surface area contributed by atoms with Crippen LogP contribution in [0.4, 0.5) is 0 Å². The van der Waals surface area contributed by atoms with Crippen molar-refractivity contribution < 1.29 is 8.42 Å². The first kappa shape index (κ1) is 16.4. The number of nitrogens with two attached hydrogens (primary N) is 1. The first-order valence-electron chi connectivity index (χ1n) is 7.31. The van der Waals surface area contributed by atoms with Crippen molar-refractivity contribution in [2.75, 3.05) is 20.1 Å². The van der Waals surface area contributed by atoms with Crippen LogP contribution in [0.25, 0.3) is 0 Å². The van der Waals surface area contributed by atoms with E-state index < -0.39 is 10.0 Å². The van der Waals surface area contributed by atoms with Gasteiger partial charge in [0.05, 0.1) is 5.75 Å². The summed E-state index contributed by atoms with van der Waals surface area (Å²) in [4.78, 5) is 2.22. The summed E-state index contributed by atoms with van der Waals surface area (Å²) in [6, 6.07) is 7.95. The number of sulfonamides is 1. The third-order valence-electron chi connectivity index (χ3n) is 4.40. The van der Waals surface area contributed by atoms with Gasteiger partial charge in [-0.3, -0.25) is 4.90 Å². The van der Waals surface area contributed by atoms with Crippen LogP contribution in [0.5, 0.6) is 0 Å². The zero-order chi connectivity index (χ0) is 15.6. The summed E-state index contributed by atoms with van der Waals surface area (Å²) in [6.07, 6.45) is 0. The smallest absolute Gasteiger partial charge is 0.218 e. The van der Waals surface area contributed by atoms with E-state index in [9.17, 15) is 8.42 Å².